The topological polar surface area (TPSA) is 98.6 Å². The Hall–Kier alpha value is -2.59. The van der Waals surface area contributed by atoms with Crippen molar-refractivity contribution in [2.24, 2.45) is 0 Å². The fourth-order valence-corrected chi connectivity index (χ4v) is 3.91. The summed E-state index contributed by atoms with van der Waals surface area (Å²) < 4.78 is 0. The number of nitrogens with zero attached hydrogens (tertiary/aromatic N) is 2. The number of rotatable bonds is 4. The average Bonchev–Trinajstić information content (AvgIpc) is 2.60. The second kappa shape index (κ2) is 7.53. The molecule has 1 atom stereocenters. The van der Waals surface area contributed by atoms with Crippen LogP contribution in [-0.2, 0) is 11.2 Å². The standard InChI is InChI=1S/C18H18N4O2S/c1-11-14(9-19)17(22-18(24)20-11)25-10-16(23)21-15-8-4-6-12-5-2-3-7-13(12)15/h2-3,5,7,15H,4,6,8,10H2,1H3,(H,21,23)(H,20,22,24)/t15-/m0/s1. The van der Waals surface area contributed by atoms with Gasteiger partial charge >= 0.3 is 5.69 Å². The molecule has 25 heavy (non-hydrogen) atoms. The van der Waals surface area contributed by atoms with Crippen molar-refractivity contribution in [3.8, 4) is 6.07 Å². The lowest BCUT2D eigenvalue weighted by Gasteiger charge is -2.26. The highest BCUT2D eigenvalue weighted by molar-refractivity contribution is 8.00. The maximum Gasteiger partial charge on any atom is 0.346 e. The van der Waals surface area contributed by atoms with Gasteiger partial charge in [0.05, 0.1) is 11.8 Å². The van der Waals surface area contributed by atoms with Crippen LogP contribution >= 0.6 is 11.8 Å². The van der Waals surface area contributed by atoms with Gasteiger partial charge in [-0.3, -0.25) is 4.79 Å². The number of nitriles is 1. The number of aromatic amines is 1. The molecule has 2 N–H and O–H groups in total. The van der Waals surface area contributed by atoms with Crippen LogP contribution in [0.3, 0.4) is 0 Å². The Kier molecular flexibility index (Phi) is 5.19. The summed E-state index contributed by atoms with van der Waals surface area (Å²) in [5, 5.41) is 12.5. The predicted molar refractivity (Wildman–Crippen MR) is 95.3 cm³/mol. The Bertz CT molecular complexity index is 901. The first kappa shape index (κ1) is 17.2. The smallest absolute Gasteiger partial charge is 0.346 e. The number of carbonyl (C=O) groups is 1. The van der Waals surface area contributed by atoms with Gasteiger partial charge < -0.3 is 10.3 Å². The number of benzene rings is 1. The van der Waals surface area contributed by atoms with Crippen molar-refractivity contribution in [3.05, 3.63) is 57.1 Å². The second-order valence-electron chi connectivity index (χ2n) is 5.96. The Balaban J connectivity index is 1.67. The van der Waals surface area contributed by atoms with Crippen molar-refractivity contribution in [2.45, 2.75) is 37.3 Å². The number of carbonyl (C=O) groups excluding carboxylic acids is 1. The average molecular weight is 354 g/mol. The minimum atomic E-state index is -0.513. The van der Waals surface area contributed by atoms with Gasteiger partial charge in [-0.2, -0.15) is 10.2 Å². The summed E-state index contributed by atoms with van der Waals surface area (Å²) in [5.41, 5.74) is 2.72. The van der Waals surface area contributed by atoms with E-state index in [1.807, 2.05) is 18.2 Å². The maximum atomic E-state index is 12.3. The third-order valence-electron chi connectivity index (χ3n) is 4.24. The van der Waals surface area contributed by atoms with E-state index >= 15 is 0 Å². The van der Waals surface area contributed by atoms with Crippen LogP contribution in [0.2, 0.25) is 0 Å². The van der Waals surface area contributed by atoms with Crippen molar-refractivity contribution in [1.29, 1.82) is 5.26 Å². The number of hydrogen-bond acceptors (Lipinski definition) is 5. The monoisotopic (exact) mass is 354 g/mol. The molecule has 6 nitrogen and oxygen atoms in total. The molecule has 0 unspecified atom stereocenters. The molecular weight excluding hydrogens is 336 g/mol. The molecule has 1 heterocycles. The third kappa shape index (κ3) is 3.91. The molecular formula is C18H18N4O2S. The quantitative estimate of drug-likeness (QED) is 0.648. The van der Waals surface area contributed by atoms with E-state index < -0.39 is 5.69 Å². The van der Waals surface area contributed by atoms with Crippen LogP contribution in [0.5, 0.6) is 0 Å². The minimum absolute atomic E-state index is 0.0161. The van der Waals surface area contributed by atoms with E-state index in [-0.39, 0.29) is 17.7 Å². The second-order valence-corrected chi connectivity index (χ2v) is 6.92. The minimum Gasteiger partial charge on any atom is -0.349 e. The molecule has 7 heteroatoms. The van der Waals surface area contributed by atoms with E-state index in [1.54, 1.807) is 6.92 Å². The first-order valence-electron chi connectivity index (χ1n) is 8.09. The van der Waals surface area contributed by atoms with Crippen LogP contribution in [0.1, 0.15) is 41.3 Å². The summed E-state index contributed by atoms with van der Waals surface area (Å²) in [7, 11) is 0. The van der Waals surface area contributed by atoms with Crippen LogP contribution < -0.4 is 11.0 Å². The molecule has 1 aliphatic rings. The Morgan fingerprint density at radius 3 is 3.08 bits per heavy atom. The van der Waals surface area contributed by atoms with E-state index in [0.717, 1.165) is 31.0 Å². The first-order chi connectivity index (χ1) is 12.1. The molecule has 1 aromatic carbocycles. The molecule has 0 bridgehead atoms. The fraction of sp³-hybridized carbons (Fsp3) is 0.333. The molecule has 1 amide bonds. The van der Waals surface area contributed by atoms with Gasteiger partial charge in [0.25, 0.3) is 0 Å². The Labute approximate surface area is 149 Å². The lowest BCUT2D eigenvalue weighted by Crippen LogP contribution is -2.32. The van der Waals surface area contributed by atoms with Gasteiger partial charge in [0.15, 0.2) is 0 Å². The summed E-state index contributed by atoms with van der Waals surface area (Å²) in [4.78, 5) is 30.1. The molecule has 0 saturated heterocycles. The van der Waals surface area contributed by atoms with Crippen LogP contribution in [0.25, 0.3) is 0 Å². The molecule has 1 aliphatic carbocycles. The number of thioether (sulfide) groups is 1. The zero-order valence-corrected chi connectivity index (χ0v) is 14.7. The van der Waals surface area contributed by atoms with Gasteiger partial charge in [0.1, 0.15) is 16.7 Å². The van der Waals surface area contributed by atoms with Crippen LogP contribution in [0.15, 0.2) is 34.1 Å². The van der Waals surface area contributed by atoms with Crippen molar-refractivity contribution < 1.29 is 4.79 Å². The number of aromatic nitrogens is 2. The molecule has 1 aromatic heterocycles. The predicted octanol–water partition coefficient (Wildman–Crippen LogP) is 2.24. The highest BCUT2D eigenvalue weighted by Crippen LogP contribution is 2.29. The number of nitrogens with one attached hydrogen (secondary N) is 2. The van der Waals surface area contributed by atoms with E-state index in [0.29, 0.717) is 16.3 Å². The van der Waals surface area contributed by atoms with E-state index in [9.17, 15) is 14.9 Å². The highest BCUT2D eigenvalue weighted by Gasteiger charge is 2.21. The third-order valence-corrected chi connectivity index (χ3v) is 5.22. The van der Waals surface area contributed by atoms with Gasteiger partial charge in [-0.05, 0) is 37.3 Å². The van der Waals surface area contributed by atoms with Crippen LogP contribution in [0.4, 0.5) is 0 Å². The molecule has 3 rings (SSSR count). The van der Waals surface area contributed by atoms with Gasteiger partial charge in [0.2, 0.25) is 5.91 Å². The summed E-state index contributed by atoms with van der Waals surface area (Å²) >= 11 is 1.11. The molecule has 0 radical (unpaired) electrons. The molecule has 2 aromatic rings. The van der Waals surface area contributed by atoms with Gasteiger partial charge in [-0.15, -0.1) is 0 Å². The molecule has 0 fully saturated rings. The number of H-pyrrole nitrogens is 1. The van der Waals surface area contributed by atoms with Gasteiger partial charge in [-0.25, -0.2) is 4.79 Å². The summed E-state index contributed by atoms with van der Waals surface area (Å²) in [5.74, 6) is -0.0150. The summed E-state index contributed by atoms with van der Waals surface area (Å²) in [6.45, 7) is 1.64. The molecule has 0 saturated carbocycles. The molecule has 0 aliphatic heterocycles. The number of amides is 1. The van der Waals surface area contributed by atoms with Crippen molar-refractivity contribution in [3.63, 3.8) is 0 Å². The number of hydrogen-bond donors (Lipinski definition) is 2. The van der Waals surface area contributed by atoms with E-state index in [4.69, 9.17) is 0 Å². The Morgan fingerprint density at radius 2 is 2.28 bits per heavy atom. The fourth-order valence-electron chi connectivity index (χ4n) is 3.07. The zero-order chi connectivity index (χ0) is 17.8. The van der Waals surface area contributed by atoms with Crippen LogP contribution in [-0.4, -0.2) is 21.6 Å². The number of fused-ring (bicyclic) bond motifs is 1. The van der Waals surface area contributed by atoms with Crippen molar-refractivity contribution >= 4 is 17.7 Å². The van der Waals surface area contributed by atoms with Gasteiger partial charge in [-0.1, -0.05) is 36.0 Å². The van der Waals surface area contributed by atoms with Crippen molar-refractivity contribution in [1.82, 2.24) is 15.3 Å². The zero-order valence-electron chi connectivity index (χ0n) is 13.8. The first-order valence-corrected chi connectivity index (χ1v) is 9.08. The van der Waals surface area contributed by atoms with E-state index in [2.05, 4.69) is 27.4 Å². The normalized spacial score (nSPS) is 15.9. The number of aryl methyl sites for hydroxylation is 2. The largest absolute Gasteiger partial charge is 0.349 e. The van der Waals surface area contributed by atoms with Crippen LogP contribution in [0, 0.1) is 18.3 Å². The summed E-state index contributed by atoms with van der Waals surface area (Å²) in [6, 6.07) is 10.2. The Morgan fingerprint density at radius 1 is 1.48 bits per heavy atom. The highest BCUT2D eigenvalue weighted by atomic mass is 32.2. The SMILES string of the molecule is Cc1[nH]c(=O)nc(SCC(=O)N[C@H]2CCCc3ccccc32)c1C#N. The van der Waals surface area contributed by atoms with E-state index in [1.165, 1.54) is 11.1 Å². The maximum absolute atomic E-state index is 12.3. The van der Waals surface area contributed by atoms with Crippen molar-refractivity contribution in [2.75, 3.05) is 5.75 Å². The lowest BCUT2D eigenvalue weighted by atomic mass is 9.88. The van der Waals surface area contributed by atoms with Gasteiger partial charge in [0, 0.05) is 5.69 Å². The molecule has 128 valence electrons. The molecule has 0 spiro atoms. The lowest BCUT2D eigenvalue weighted by molar-refractivity contribution is -0.119. The summed E-state index contributed by atoms with van der Waals surface area (Å²) in [6.07, 6.45) is 3.00.